The predicted octanol–water partition coefficient (Wildman–Crippen LogP) is 6.01. The van der Waals surface area contributed by atoms with Gasteiger partial charge in [-0.05, 0) is 63.1 Å². The van der Waals surface area contributed by atoms with Crippen LogP contribution in [0.4, 0.5) is 10.7 Å². The Hall–Kier alpha value is -3.16. The molecule has 3 aromatic rings. The second kappa shape index (κ2) is 9.97. The maximum absolute atomic E-state index is 13.0. The Balaban J connectivity index is 1.93. The van der Waals surface area contributed by atoms with Crippen LogP contribution >= 0.6 is 22.9 Å². The van der Waals surface area contributed by atoms with Crippen molar-refractivity contribution in [1.29, 1.82) is 0 Å². The van der Waals surface area contributed by atoms with E-state index < -0.39 is 11.9 Å². The van der Waals surface area contributed by atoms with E-state index in [9.17, 15) is 14.4 Å². The smallest absolute Gasteiger partial charge is 0.341 e. The summed E-state index contributed by atoms with van der Waals surface area (Å²) in [5.74, 6) is -1.39. The number of anilines is 2. The molecule has 0 spiro atoms. The van der Waals surface area contributed by atoms with Crippen LogP contribution in [0.1, 0.15) is 54.0 Å². The van der Waals surface area contributed by atoms with Gasteiger partial charge >= 0.3 is 5.97 Å². The Morgan fingerprint density at radius 3 is 2.28 bits per heavy atom. The number of thiophene rings is 1. The van der Waals surface area contributed by atoms with E-state index in [1.54, 1.807) is 44.2 Å². The zero-order valence-corrected chi connectivity index (χ0v) is 19.7. The molecule has 0 aliphatic rings. The van der Waals surface area contributed by atoms with E-state index >= 15 is 0 Å². The quantitative estimate of drug-likeness (QED) is 0.432. The van der Waals surface area contributed by atoms with Crippen LogP contribution < -0.4 is 10.6 Å². The molecule has 0 fully saturated rings. The SMILES string of the molecule is CCOC(=O)c1c(NC(=O)c2ccc(C)cc2)sc(C(=O)Nc2ccc(C)c(Cl)c2)c1C. The fourth-order valence-electron chi connectivity index (χ4n) is 3.01. The van der Waals surface area contributed by atoms with Crippen molar-refractivity contribution >= 4 is 51.4 Å². The van der Waals surface area contributed by atoms with E-state index in [1.807, 2.05) is 26.0 Å². The van der Waals surface area contributed by atoms with Gasteiger partial charge in [-0.2, -0.15) is 0 Å². The predicted molar refractivity (Wildman–Crippen MR) is 128 cm³/mol. The molecule has 2 aromatic carbocycles. The number of esters is 1. The number of amides is 2. The number of carbonyl (C=O) groups excluding carboxylic acids is 3. The van der Waals surface area contributed by atoms with E-state index in [4.69, 9.17) is 16.3 Å². The van der Waals surface area contributed by atoms with Gasteiger partial charge in [0.05, 0.1) is 17.0 Å². The minimum atomic E-state index is -0.599. The standard InChI is InChI=1S/C24H23ClN2O4S/c1-5-31-24(30)19-15(4)20(22(29)26-17-11-8-14(3)18(25)12-17)32-23(19)27-21(28)16-9-6-13(2)7-10-16/h6-12H,5H2,1-4H3,(H,26,29)(H,27,28). The summed E-state index contributed by atoms with van der Waals surface area (Å²) in [4.78, 5) is 38.6. The average molecular weight is 471 g/mol. The fraction of sp³-hybridized carbons (Fsp3) is 0.208. The van der Waals surface area contributed by atoms with Gasteiger partial charge in [-0.25, -0.2) is 4.79 Å². The highest BCUT2D eigenvalue weighted by Crippen LogP contribution is 2.35. The topological polar surface area (TPSA) is 84.5 Å². The first-order chi connectivity index (χ1) is 15.2. The number of carbonyl (C=O) groups is 3. The first kappa shape index (κ1) is 23.5. The van der Waals surface area contributed by atoms with Gasteiger partial charge < -0.3 is 15.4 Å². The zero-order valence-electron chi connectivity index (χ0n) is 18.2. The van der Waals surface area contributed by atoms with Crippen molar-refractivity contribution in [3.05, 3.63) is 80.2 Å². The molecule has 1 heterocycles. The van der Waals surface area contributed by atoms with E-state index in [2.05, 4.69) is 10.6 Å². The Bertz CT molecular complexity index is 1190. The summed E-state index contributed by atoms with van der Waals surface area (Å²) in [5.41, 5.74) is 3.49. The summed E-state index contributed by atoms with van der Waals surface area (Å²) < 4.78 is 5.16. The molecule has 0 saturated carbocycles. The molecule has 3 rings (SSSR count). The lowest BCUT2D eigenvalue weighted by atomic mass is 10.1. The number of hydrogen-bond acceptors (Lipinski definition) is 5. The van der Waals surface area contributed by atoms with Crippen molar-refractivity contribution in [3.63, 3.8) is 0 Å². The lowest BCUT2D eigenvalue weighted by molar-refractivity contribution is 0.0527. The van der Waals surface area contributed by atoms with Gasteiger partial charge in [-0.15, -0.1) is 11.3 Å². The number of rotatable bonds is 6. The van der Waals surface area contributed by atoms with Gasteiger partial charge in [0.2, 0.25) is 0 Å². The monoisotopic (exact) mass is 470 g/mol. The molecule has 1 aromatic heterocycles. The van der Waals surface area contributed by atoms with Crippen LogP contribution in [0.2, 0.25) is 5.02 Å². The molecule has 2 amide bonds. The van der Waals surface area contributed by atoms with Crippen LogP contribution in [0, 0.1) is 20.8 Å². The van der Waals surface area contributed by atoms with Crippen LogP contribution in [-0.2, 0) is 4.74 Å². The highest BCUT2D eigenvalue weighted by molar-refractivity contribution is 7.19. The Labute approximate surface area is 195 Å². The summed E-state index contributed by atoms with van der Waals surface area (Å²) in [6, 6.07) is 12.3. The van der Waals surface area contributed by atoms with Crippen LogP contribution in [-0.4, -0.2) is 24.4 Å². The summed E-state index contributed by atoms with van der Waals surface area (Å²) >= 11 is 7.17. The average Bonchev–Trinajstić information content (AvgIpc) is 3.07. The van der Waals surface area contributed by atoms with Crippen molar-refractivity contribution in [2.45, 2.75) is 27.7 Å². The summed E-state index contributed by atoms with van der Waals surface area (Å²) in [7, 11) is 0. The first-order valence-electron chi connectivity index (χ1n) is 9.97. The molecule has 166 valence electrons. The van der Waals surface area contributed by atoms with Crippen LogP contribution in [0.3, 0.4) is 0 Å². The number of ether oxygens (including phenoxy) is 1. The lowest BCUT2D eigenvalue weighted by Crippen LogP contribution is -2.15. The Morgan fingerprint density at radius 1 is 0.969 bits per heavy atom. The van der Waals surface area contributed by atoms with Gasteiger partial charge in [-0.1, -0.05) is 35.4 Å². The molecule has 6 nitrogen and oxygen atoms in total. The summed E-state index contributed by atoms with van der Waals surface area (Å²) in [5, 5.41) is 6.35. The Morgan fingerprint density at radius 2 is 1.66 bits per heavy atom. The second-order valence-corrected chi connectivity index (χ2v) is 8.65. The fourth-order valence-corrected chi connectivity index (χ4v) is 4.27. The van der Waals surface area contributed by atoms with Crippen molar-refractivity contribution in [3.8, 4) is 0 Å². The number of nitrogens with one attached hydrogen (secondary N) is 2. The van der Waals surface area contributed by atoms with Crippen molar-refractivity contribution < 1.29 is 19.1 Å². The highest BCUT2D eigenvalue weighted by Gasteiger charge is 2.27. The first-order valence-corrected chi connectivity index (χ1v) is 11.2. The van der Waals surface area contributed by atoms with Gasteiger partial charge in [0.1, 0.15) is 5.00 Å². The molecule has 0 unspecified atom stereocenters. The minimum absolute atomic E-state index is 0.170. The lowest BCUT2D eigenvalue weighted by Gasteiger charge is -2.07. The van der Waals surface area contributed by atoms with Crippen molar-refractivity contribution in [1.82, 2.24) is 0 Å². The van der Waals surface area contributed by atoms with Gasteiger partial charge in [0.25, 0.3) is 11.8 Å². The summed E-state index contributed by atoms with van der Waals surface area (Å²) in [6.45, 7) is 7.31. The molecule has 0 bridgehead atoms. The molecule has 2 N–H and O–H groups in total. The molecule has 0 aliphatic heterocycles. The number of halogens is 1. The van der Waals surface area contributed by atoms with E-state index in [0.717, 1.165) is 22.5 Å². The van der Waals surface area contributed by atoms with Gasteiger partial charge in [0, 0.05) is 16.3 Å². The molecule has 32 heavy (non-hydrogen) atoms. The molecular formula is C24H23ClN2O4S. The van der Waals surface area contributed by atoms with E-state index in [1.165, 1.54) is 0 Å². The highest BCUT2D eigenvalue weighted by atomic mass is 35.5. The van der Waals surface area contributed by atoms with Gasteiger partial charge in [-0.3, -0.25) is 9.59 Å². The van der Waals surface area contributed by atoms with E-state index in [0.29, 0.717) is 26.7 Å². The van der Waals surface area contributed by atoms with Crippen LogP contribution in [0.5, 0.6) is 0 Å². The molecule has 0 aliphatic carbocycles. The summed E-state index contributed by atoms with van der Waals surface area (Å²) in [6.07, 6.45) is 0. The largest absolute Gasteiger partial charge is 0.462 e. The maximum atomic E-state index is 13.0. The number of aryl methyl sites for hydroxylation is 2. The van der Waals surface area contributed by atoms with Gasteiger partial charge in [0.15, 0.2) is 0 Å². The second-order valence-electron chi connectivity index (χ2n) is 7.22. The third-order valence-electron chi connectivity index (χ3n) is 4.80. The van der Waals surface area contributed by atoms with E-state index in [-0.39, 0.29) is 23.1 Å². The third-order valence-corrected chi connectivity index (χ3v) is 6.42. The molecular weight excluding hydrogens is 448 g/mol. The minimum Gasteiger partial charge on any atom is -0.462 e. The Kier molecular flexibility index (Phi) is 7.33. The molecule has 8 heteroatoms. The van der Waals surface area contributed by atoms with Crippen LogP contribution in [0.25, 0.3) is 0 Å². The number of hydrogen-bond donors (Lipinski definition) is 2. The maximum Gasteiger partial charge on any atom is 0.341 e. The van der Waals surface area contributed by atoms with Crippen LogP contribution in [0.15, 0.2) is 42.5 Å². The molecule has 0 atom stereocenters. The normalized spacial score (nSPS) is 10.5. The zero-order chi connectivity index (χ0) is 23.4. The van der Waals surface area contributed by atoms with Crippen molar-refractivity contribution in [2.24, 2.45) is 0 Å². The number of benzene rings is 2. The van der Waals surface area contributed by atoms with Crippen molar-refractivity contribution in [2.75, 3.05) is 17.2 Å². The molecule has 0 saturated heterocycles. The third kappa shape index (κ3) is 5.18. The molecule has 0 radical (unpaired) electrons.